The number of nitrogens with two attached hydrogens (primary N) is 1. The lowest BCUT2D eigenvalue weighted by atomic mass is 9.98. The van der Waals surface area contributed by atoms with Gasteiger partial charge >= 0.3 is 0 Å². The lowest BCUT2D eigenvalue weighted by Gasteiger charge is -2.13. The molecule has 0 saturated heterocycles. The number of nitrogen functional groups attached to an aromatic ring is 1. The summed E-state index contributed by atoms with van der Waals surface area (Å²) in [5.74, 6) is 1.57. The third-order valence-corrected chi connectivity index (χ3v) is 3.21. The van der Waals surface area contributed by atoms with Gasteiger partial charge in [0, 0.05) is 25.3 Å². The highest BCUT2D eigenvalue weighted by molar-refractivity contribution is 5.40. The van der Waals surface area contributed by atoms with Gasteiger partial charge in [-0.1, -0.05) is 19.1 Å². The number of aryl methyl sites for hydroxylation is 1. The summed E-state index contributed by atoms with van der Waals surface area (Å²) in [7, 11) is 1.94. The number of nitrogens with zero attached hydrogens (tertiary/aromatic N) is 2. The van der Waals surface area contributed by atoms with E-state index >= 15 is 0 Å². The maximum Gasteiger partial charge on any atom is 0.123 e. The zero-order valence-corrected chi connectivity index (χ0v) is 10.9. The van der Waals surface area contributed by atoms with Crippen LogP contribution in [0.15, 0.2) is 36.5 Å². The van der Waals surface area contributed by atoms with E-state index in [1.165, 1.54) is 5.56 Å². The van der Waals surface area contributed by atoms with Crippen LogP contribution in [-0.2, 0) is 7.05 Å². The van der Waals surface area contributed by atoms with Crippen LogP contribution in [0.2, 0.25) is 0 Å². The quantitative estimate of drug-likeness (QED) is 0.795. The molecule has 0 bridgehead atoms. The molecule has 4 heteroatoms. The minimum Gasteiger partial charge on any atom is -0.399 e. The van der Waals surface area contributed by atoms with Crippen LogP contribution in [0.5, 0.6) is 0 Å². The maximum absolute atomic E-state index is 5.69. The molecule has 1 atom stereocenters. The van der Waals surface area contributed by atoms with Gasteiger partial charge in [-0.05, 0) is 30.0 Å². The molecule has 0 aliphatic rings. The maximum atomic E-state index is 5.69. The third kappa shape index (κ3) is 3.03. The van der Waals surface area contributed by atoms with E-state index in [1.807, 2.05) is 29.9 Å². The van der Waals surface area contributed by atoms with Crippen LogP contribution in [0, 0.1) is 0 Å². The van der Waals surface area contributed by atoms with Gasteiger partial charge in [0.1, 0.15) is 5.82 Å². The van der Waals surface area contributed by atoms with Crippen molar-refractivity contribution < 1.29 is 0 Å². The highest BCUT2D eigenvalue weighted by Gasteiger charge is 2.05. The first-order valence-electron chi connectivity index (χ1n) is 6.24. The standard InChI is InChI=1S/C14H20N4/c1-11(12-3-5-13(15)6-4-12)7-9-16-14-8-10-17-18(14)2/h3-6,8,10-11,16H,7,9,15H2,1-2H3. The molecule has 1 aromatic carbocycles. The highest BCUT2D eigenvalue weighted by atomic mass is 15.3. The first-order valence-corrected chi connectivity index (χ1v) is 6.24. The zero-order chi connectivity index (χ0) is 13.0. The number of hydrogen-bond acceptors (Lipinski definition) is 3. The minimum atomic E-state index is 0.520. The molecule has 0 saturated carbocycles. The Morgan fingerprint density at radius 1 is 1.28 bits per heavy atom. The van der Waals surface area contributed by atoms with E-state index < -0.39 is 0 Å². The Hall–Kier alpha value is -1.97. The fraction of sp³-hybridized carbons (Fsp3) is 0.357. The molecule has 4 nitrogen and oxygen atoms in total. The van der Waals surface area contributed by atoms with Gasteiger partial charge in [0.05, 0.1) is 6.20 Å². The molecule has 0 spiro atoms. The second-order valence-corrected chi connectivity index (χ2v) is 4.62. The van der Waals surface area contributed by atoms with E-state index in [0.29, 0.717) is 5.92 Å². The van der Waals surface area contributed by atoms with Crippen LogP contribution < -0.4 is 11.1 Å². The van der Waals surface area contributed by atoms with Gasteiger partial charge in [-0.2, -0.15) is 5.10 Å². The molecular formula is C14H20N4. The lowest BCUT2D eigenvalue weighted by Crippen LogP contribution is -2.09. The van der Waals surface area contributed by atoms with E-state index in [0.717, 1.165) is 24.5 Å². The van der Waals surface area contributed by atoms with Crippen LogP contribution in [0.25, 0.3) is 0 Å². The van der Waals surface area contributed by atoms with Gasteiger partial charge in [-0.25, -0.2) is 0 Å². The lowest BCUT2D eigenvalue weighted by molar-refractivity contribution is 0.696. The first-order chi connectivity index (χ1) is 8.66. The van der Waals surface area contributed by atoms with Crippen molar-refractivity contribution in [2.75, 3.05) is 17.6 Å². The third-order valence-electron chi connectivity index (χ3n) is 3.21. The van der Waals surface area contributed by atoms with Gasteiger partial charge in [0.15, 0.2) is 0 Å². The second kappa shape index (κ2) is 5.58. The van der Waals surface area contributed by atoms with Crippen LogP contribution in [-0.4, -0.2) is 16.3 Å². The average Bonchev–Trinajstić information content (AvgIpc) is 2.76. The van der Waals surface area contributed by atoms with Crippen molar-refractivity contribution in [2.45, 2.75) is 19.3 Å². The van der Waals surface area contributed by atoms with Gasteiger partial charge in [-0.15, -0.1) is 0 Å². The van der Waals surface area contributed by atoms with E-state index in [9.17, 15) is 0 Å². The Bertz CT molecular complexity index is 487. The second-order valence-electron chi connectivity index (χ2n) is 4.62. The monoisotopic (exact) mass is 244 g/mol. The predicted molar refractivity (Wildman–Crippen MR) is 75.6 cm³/mol. The molecule has 3 N–H and O–H groups in total. The van der Waals surface area contributed by atoms with Crippen molar-refractivity contribution >= 4 is 11.5 Å². The summed E-state index contributed by atoms with van der Waals surface area (Å²) in [4.78, 5) is 0. The molecule has 0 radical (unpaired) electrons. The van der Waals surface area contributed by atoms with Crippen LogP contribution in [0.4, 0.5) is 11.5 Å². The van der Waals surface area contributed by atoms with Crippen molar-refractivity contribution in [3.63, 3.8) is 0 Å². The van der Waals surface area contributed by atoms with Crippen molar-refractivity contribution in [3.8, 4) is 0 Å². The van der Waals surface area contributed by atoms with E-state index in [4.69, 9.17) is 5.73 Å². The van der Waals surface area contributed by atoms with Gasteiger partial charge in [0.25, 0.3) is 0 Å². The molecular weight excluding hydrogens is 224 g/mol. The van der Waals surface area contributed by atoms with E-state index in [-0.39, 0.29) is 0 Å². The Labute approximate surface area is 108 Å². The molecule has 2 aromatic rings. The van der Waals surface area contributed by atoms with Crippen LogP contribution >= 0.6 is 0 Å². The average molecular weight is 244 g/mol. The number of hydrogen-bond donors (Lipinski definition) is 2. The fourth-order valence-electron chi connectivity index (χ4n) is 1.96. The highest BCUT2D eigenvalue weighted by Crippen LogP contribution is 2.20. The molecule has 1 heterocycles. The SMILES string of the molecule is CC(CCNc1ccnn1C)c1ccc(N)cc1. The van der Waals surface area contributed by atoms with Crippen molar-refractivity contribution in [2.24, 2.45) is 7.05 Å². The largest absolute Gasteiger partial charge is 0.399 e. The van der Waals surface area contributed by atoms with Crippen LogP contribution in [0.3, 0.4) is 0 Å². The van der Waals surface area contributed by atoms with Crippen molar-refractivity contribution in [1.29, 1.82) is 0 Å². The molecule has 0 fully saturated rings. The molecule has 18 heavy (non-hydrogen) atoms. The molecule has 2 rings (SSSR count). The minimum absolute atomic E-state index is 0.520. The number of rotatable bonds is 5. The number of anilines is 2. The Morgan fingerprint density at radius 3 is 2.61 bits per heavy atom. The fourth-order valence-corrected chi connectivity index (χ4v) is 1.96. The molecule has 0 aliphatic carbocycles. The van der Waals surface area contributed by atoms with Crippen molar-refractivity contribution in [3.05, 3.63) is 42.1 Å². The summed E-state index contributed by atoms with van der Waals surface area (Å²) in [5, 5.41) is 7.50. The number of aromatic nitrogens is 2. The van der Waals surface area contributed by atoms with Gasteiger partial charge in [0.2, 0.25) is 0 Å². The summed E-state index contributed by atoms with van der Waals surface area (Å²) in [6, 6.07) is 10.1. The zero-order valence-electron chi connectivity index (χ0n) is 10.9. The number of nitrogens with one attached hydrogen (secondary N) is 1. The Kier molecular flexibility index (Phi) is 3.87. The Morgan fingerprint density at radius 2 is 2.00 bits per heavy atom. The van der Waals surface area contributed by atoms with Gasteiger partial charge in [-0.3, -0.25) is 4.68 Å². The summed E-state index contributed by atoms with van der Waals surface area (Å²) in [6.45, 7) is 3.17. The normalized spacial score (nSPS) is 12.3. The smallest absolute Gasteiger partial charge is 0.123 e. The first kappa shape index (κ1) is 12.5. The molecule has 1 unspecified atom stereocenters. The summed E-state index contributed by atoms with van der Waals surface area (Å²) >= 11 is 0. The molecule has 96 valence electrons. The van der Waals surface area contributed by atoms with Crippen LogP contribution in [0.1, 0.15) is 24.8 Å². The van der Waals surface area contributed by atoms with Crippen molar-refractivity contribution in [1.82, 2.24) is 9.78 Å². The summed E-state index contributed by atoms with van der Waals surface area (Å²) in [5.41, 5.74) is 7.83. The molecule has 0 aliphatic heterocycles. The summed E-state index contributed by atoms with van der Waals surface area (Å²) in [6.07, 6.45) is 2.88. The molecule has 0 amide bonds. The molecule has 1 aromatic heterocycles. The van der Waals surface area contributed by atoms with E-state index in [2.05, 4.69) is 29.5 Å². The Balaban J connectivity index is 1.83. The predicted octanol–water partition coefficient (Wildman–Crippen LogP) is 2.61. The number of benzene rings is 1. The van der Waals surface area contributed by atoms with E-state index in [1.54, 1.807) is 6.20 Å². The summed E-state index contributed by atoms with van der Waals surface area (Å²) < 4.78 is 1.84. The topological polar surface area (TPSA) is 55.9 Å². The van der Waals surface area contributed by atoms with Gasteiger partial charge < -0.3 is 11.1 Å².